The summed E-state index contributed by atoms with van der Waals surface area (Å²) in [5, 5.41) is 8.39. The van der Waals surface area contributed by atoms with Gasteiger partial charge in [0, 0.05) is 23.2 Å². The van der Waals surface area contributed by atoms with Crippen molar-refractivity contribution in [2.24, 2.45) is 0 Å². The van der Waals surface area contributed by atoms with Crippen molar-refractivity contribution in [1.82, 2.24) is 9.78 Å². The first-order chi connectivity index (χ1) is 18.0. The fraction of sp³-hybridized carbons (Fsp3) is 0.194. The van der Waals surface area contributed by atoms with E-state index in [0.717, 1.165) is 28.8 Å². The molecule has 4 aromatic carbocycles. The largest absolute Gasteiger partial charge is 0.418 e. The monoisotopic (exact) mass is 497 g/mol. The fourth-order valence-electron chi connectivity index (χ4n) is 4.83. The Morgan fingerprint density at radius 3 is 2.19 bits per heavy atom. The molecule has 37 heavy (non-hydrogen) atoms. The van der Waals surface area contributed by atoms with Crippen LogP contribution in [0.25, 0.3) is 22.2 Å². The highest BCUT2D eigenvalue weighted by molar-refractivity contribution is 5.95. The van der Waals surface area contributed by atoms with Gasteiger partial charge in [0.2, 0.25) is 0 Å². The molecule has 0 bridgehead atoms. The summed E-state index contributed by atoms with van der Waals surface area (Å²) in [6.07, 6.45) is -1.89. The molecule has 1 fully saturated rings. The lowest BCUT2D eigenvalue weighted by Gasteiger charge is -2.11. The van der Waals surface area contributed by atoms with Crippen molar-refractivity contribution in [3.8, 4) is 11.3 Å². The third-order valence-corrected chi connectivity index (χ3v) is 6.93. The number of aromatic nitrogens is 2. The molecule has 1 saturated carbocycles. The molecule has 1 N–H and O–H groups in total. The van der Waals surface area contributed by atoms with Gasteiger partial charge in [-0.15, -0.1) is 0 Å². The van der Waals surface area contributed by atoms with E-state index in [1.807, 2.05) is 54.6 Å². The Labute approximate surface area is 213 Å². The summed E-state index contributed by atoms with van der Waals surface area (Å²) in [4.78, 5) is 0. The van der Waals surface area contributed by atoms with E-state index in [2.05, 4.69) is 34.7 Å². The summed E-state index contributed by atoms with van der Waals surface area (Å²) in [6.45, 7) is 1.08. The minimum atomic E-state index is -4.48. The Kier molecular flexibility index (Phi) is 5.95. The molecule has 1 aliphatic rings. The molecule has 0 radical (unpaired) electrons. The van der Waals surface area contributed by atoms with Crippen LogP contribution in [0.2, 0.25) is 0 Å². The normalized spacial score (nSPS) is 13.7. The van der Waals surface area contributed by atoms with Crippen LogP contribution in [-0.2, 0) is 19.3 Å². The molecule has 5 aromatic rings. The first-order valence-corrected chi connectivity index (χ1v) is 12.5. The number of nitrogens with zero attached hydrogens (tertiary/aromatic N) is 2. The molecule has 1 aliphatic carbocycles. The molecule has 3 nitrogen and oxygen atoms in total. The van der Waals surface area contributed by atoms with Crippen molar-refractivity contribution in [3.05, 3.63) is 119 Å². The minimum absolute atomic E-state index is 0.0298. The van der Waals surface area contributed by atoms with E-state index < -0.39 is 11.7 Å². The van der Waals surface area contributed by atoms with Crippen molar-refractivity contribution in [2.45, 2.75) is 38.0 Å². The van der Waals surface area contributed by atoms with Crippen molar-refractivity contribution < 1.29 is 13.2 Å². The average molecular weight is 498 g/mol. The van der Waals surface area contributed by atoms with E-state index in [4.69, 9.17) is 0 Å². The van der Waals surface area contributed by atoms with E-state index >= 15 is 0 Å². The summed E-state index contributed by atoms with van der Waals surface area (Å²) in [5.74, 6) is 0.744. The molecule has 6 rings (SSSR count). The predicted molar refractivity (Wildman–Crippen MR) is 141 cm³/mol. The number of nitrogens with one attached hydrogen (secondary N) is 1. The number of benzene rings is 4. The molecule has 186 valence electrons. The van der Waals surface area contributed by atoms with Crippen LogP contribution in [0.4, 0.5) is 18.9 Å². The zero-order valence-corrected chi connectivity index (χ0v) is 20.2. The molecule has 6 heteroatoms. The number of rotatable bonds is 7. The zero-order chi connectivity index (χ0) is 25.4. The maximum atomic E-state index is 13.8. The molecule has 0 spiro atoms. The van der Waals surface area contributed by atoms with E-state index in [1.165, 1.54) is 30.0 Å². The highest BCUT2D eigenvalue weighted by atomic mass is 19.4. The topological polar surface area (TPSA) is 29.9 Å². The molecule has 0 unspecified atom stereocenters. The molecular formula is C31H26F3N3. The van der Waals surface area contributed by atoms with Crippen LogP contribution in [-0.4, -0.2) is 9.78 Å². The summed E-state index contributed by atoms with van der Waals surface area (Å²) < 4.78 is 43.0. The van der Waals surface area contributed by atoms with Crippen LogP contribution in [0.15, 0.2) is 97.1 Å². The third kappa shape index (κ3) is 4.96. The molecule has 0 saturated heterocycles. The third-order valence-electron chi connectivity index (χ3n) is 6.93. The van der Waals surface area contributed by atoms with Crippen LogP contribution in [0.3, 0.4) is 0 Å². The van der Waals surface area contributed by atoms with Crippen LogP contribution in [0.5, 0.6) is 0 Å². The van der Waals surface area contributed by atoms with Crippen molar-refractivity contribution >= 4 is 16.6 Å². The van der Waals surface area contributed by atoms with Crippen LogP contribution in [0.1, 0.15) is 41.0 Å². The maximum Gasteiger partial charge on any atom is 0.418 e. The van der Waals surface area contributed by atoms with E-state index in [-0.39, 0.29) is 5.52 Å². The summed E-state index contributed by atoms with van der Waals surface area (Å²) in [5.41, 5.74) is 5.29. The quantitative estimate of drug-likeness (QED) is 0.245. The van der Waals surface area contributed by atoms with Gasteiger partial charge in [0.05, 0.1) is 17.8 Å². The van der Waals surface area contributed by atoms with Gasteiger partial charge in [-0.2, -0.15) is 18.3 Å². The van der Waals surface area contributed by atoms with Gasteiger partial charge in [-0.3, -0.25) is 4.68 Å². The Bertz CT molecular complexity index is 1520. The first kappa shape index (κ1) is 23.3. The number of alkyl halides is 3. The Hall–Kier alpha value is -4.06. The van der Waals surface area contributed by atoms with E-state index in [0.29, 0.717) is 24.2 Å². The summed E-state index contributed by atoms with van der Waals surface area (Å²) >= 11 is 0. The maximum absolute atomic E-state index is 13.8. The molecule has 0 amide bonds. The van der Waals surface area contributed by atoms with Gasteiger partial charge in [-0.25, -0.2) is 0 Å². The van der Waals surface area contributed by atoms with E-state index in [9.17, 15) is 13.2 Å². The molecular weight excluding hydrogens is 471 g/mol. The highest BCUT2D eigenvalue weighted by Crippen LogP contribution is 2.40. The van der Waals surface area contributed by atoms with Crippen LogP contribution < -0.4 is 5.32 Å². The number of halogens is 3. The second-order valence-corrected chi connectivity index (χ2v) is 9.64. The zero-order valence-electron chi connectivity index (χ0n) is 20.2. The second kappa shape index (κ2) is 9.43. The second-order valence-electron chi connectivity index (χ2n) is 9.64. The van der Waals surface area contributed by atoms with Gasteiger partial charge in [0.1, 0.15) is 5.52 Å². The Balaban J connectivity index is 1.30. The molecule has 1 heterocycles. The van der Waals surface area contributed by atoms with Gasteiger partial charge in [0.15, 0.2) is 0 Å². The number of hydrogen-bond donors (Lipinski definition) is 1. The smallest absolute Gasteiger partial charge is 0.381 e. The van der Waals surface area contributed by atoms with E-state index in [1.54, 1.807) is 10.7 Å². The van der Waals surface area contributed by atoms with Crippen molar-refractivity contribution in [1.29, 1.82) is 0 Å². The van der Waals surface area contributed by atoms with Crippen LogP contribution >= 0.6 is 0 Å². The minimum Gasteiger partial charge on any atom is -0.381 e. The van der Waals surface area contributed by atoms with Gasteiger partial charge in [-0.05, 0) is 53.6 Å². The van der Waals surface area contributed by atoms with Crippen LogP contribution in [0, 0.1) is 0 Å². The van der Waals surface area contributed by atoms with Gasteiger partial charge < -0.3 is 5.32 Å². The lowest BCUT2D eigenvalue weighted by molar-refractivity contribution is -0.136. The van der Waals surface area contributed by atoms with Crippen molar-refractivity contribution in [2.75, 3.05) is 5.32 Å². The molecule has 1 aromatic heterocycles. The first-order valence-electron chi connectivity index (χ1n) is 12.5. The fourth-order valence-corrected chi connectivity index (χ4v) is 4.83. The summed E-state index contributed by atoms with van der Waals surface area (Å²) in [6, 6.07) is 30.5. The predicted octanol–water partition coefficient (Wildman–Crippen LogP) is 8.26. The Morgan fingerprint density at radius 1 is 0.784 bits per heavy atom. The highest BCUT2D eigenvalue weighted by Gasteiger charge is 2.34. The summed E-state index contributed by atoms with van der Waals surface area (Å²) in [7, 11) is 0. The average Bonchev–Trinajstić information content (AvgIpc) is 3.69. The standard InChI is InChI=1S/C31H26F3N3/c32-31(33,34)28-8-4-7-27-29(28)36-37(20-22-5-2-1-3-6-22)30(27)25-15-17-26(18-16-25)35-19-21-9-11-23(12-10-21)24-13-14-24/h1-12,15-18,24,35H,13-14,19-20H2. The lowest BCUT2D eigenvalue weighted by atomic mass is 10.0. The Morgan fingerprint density at radius 2 is 1.51 bits per heavy atom. The number of hydrogen-bond acceptors (Lipinski definition) is 2. The number of fused-ring (bicyclic) bond motifs is 1. The SMILES string of the molecule is FC(F)(F)c1cccc2c(-c3ccc(NCc4ccc(C5CC5)cc4)cc3)n(Cc3ccccc3)nc12. The van der Waals surface area contributed by atoms with Gasteiger partial charge in [-0.1, -0.05) is 78.9 Å². The van der Waals surface area contributed by atoms with Gasteiger partial charge >= 0.3 is 6.18 Å². The molecule has 0 atom stereocenters. The number of anilines is 1. The van der Waals surface area contributed by atoms with Gasteiger partial charge in [0.25, 0.3) is 0 Å². The lowest BCUT2D eigenvalue weighted by Crippen LogP contribution is -2.06. The van der Waals surface area contributed by atoms with Crippen molar-refractivity contribution in [3.63, 3.8) is 0 Å². The molecule has 0 aliphatic heterocycles.